The highest BCUT2D eigenvalue weighted by Gasteiger charge is 2.11. The number of rotatable bonds is 2. The Kier molecular flexibility index (Phi) is 3.22. The molecule has 0 aliphatic carbocycles. The number of aromatic nitrogens is 2. The van der Waals surface area contributed by atoms with Crippen LogP contribution in [0.25, 0.3) is 16.9 Å². The predicted octanol–water partition coefficient (Wildman–Crippen LogP) is 3.88. The molecule has 2 N–H and O–H groups in total. The predicted molar refractivity (Wildman–Crippen MR) is 82.8 cm³/mol. The Morgan fingerprint density at radius 2 is 1.76 bits per heavy atom. The van der Waals surface area contributed by atoms with E-state index in [0.29, 0.717) is 11.4 Å². The molecule has 0 saturated carbocycles. The lowest BCUT2D eigenvalue weighted by Crippen LogP contribution is -1.98. The monoisotopic (exact) mass is 281 g/mol. The van der Waals surface area contributed by atoms with Crippen molar-refractivity contribution in [3.05, 3.63) is 65.6 Å². The Morgan fingerprint density at radius 3 is 2.48 bits per heavy atom. The van der Waals surface area contributed by atoms with Crippen molar-refractivity contribution in [2.75, 3.05) is 5.73 Å². The zero-order chi connectivity index (χ0) is 15.0. The van der Waals surface area contributed by atoms with Gasteiger partial charge in [-0.15, -0.1) is 0 Å². The van der Waals surface area contributed by atoms with Crippen molar-refractivity contribution in [1.29, 1.82) is 0 Å². The molecule has 0 unspecified atom stereocenters. The standard InChI is InChI=1S/C17H16FN3/c1-11-3-4-12(2)16(9-11)21-10-15(19)17(20-21)13-5-7-14(18)8-6-13/h3-10H,19H2,1-2H3. The van der Waals surface area contributed by atoms with E-state index < -0.39 is 0 Å². The Morgan fingerprint density at radius 1 is 1.05 bits per heavy atom. The van der Waals surface area contributed by atoms with E-state index in [2.05, 4.69) is 23.3 Å². The van der Waals surface area contributed by atoms with Crippen LogP contribution in [-0.2, 0) is 0 Å². The maximum absolute atomic E-state index is 13.0. The summed E-state index contributed by atoms with van der Waals surface area (Å²) < 4.78 is 14.8. The highest BCUT2D eigenvalue weighted by molar-refractivity contribution is 5.72. The molecule has 0 bridgehead atoms. The normalized spacial score (nSPS) is 10.8. The first-order chi connectivity index (χ1) is 10.0. The Hall–Kier alpha value is -2.62. The number of nitrogens with zero attached hydrogens (tertiary/aromatic N) is 2. The van der Waals surface area contributed by atoms with Crippen LogP contribution in [0.1, 0.15) is 11.1 Å². The zero-order valence-electron chi connectivity index (χ0n) is 12.0. The minimum atomic E-state index is -0.272. The van der Waals surface area contributed by atoms with Crippen molar-refractivity contribution in [3.63, 3.8) is 0 Å². The van der Waals surface area contributed by atoms with Crippen LogP contribution in [0.4, 0.5) is 10.1 Å². The van der Waals surface area contributed by atoms with Gasteiger partial charge in [-0.2, -0.15) is 5.10 Å². The van der Waals surface area contributed by atoms with Crippen molar-refractivity contribution in [3.8, 4) is 16.9 Å². The van der Waals surface area contributed by atoms with Gasteiger partial charge in [0.25, 0.3) is 0 Å². The first kappa shape index (κ1) is 13.4. The smallest absolute Gasteiger partial charge is 0.123 e. The van der Waals surface area contributed by atoms with Crippen molar-refractivity contribution < 1.29 is 4.39 Å². The Bertz CT molecular complexity index is 788. The molecule has 1 heterocycles. The molecule has 1 aromatic heterocycles. The van der Waals surface area contributed by atoms with E-state index in [1.54, 1.807) is 23.0 Å². The van der Waals surface area contributed by atoms with Gasteiger partial charge in [0.2, 0.25) is 0 Å². The number of halogens is 1. The summed E-state index contributed by atoms with van der Waals surface area (Å²) in [6.45, 7) is 4.07. The highest BCUT2D eigenvalue weighted by atomic mass is 19.1. The number of nitrogen functional groups attached to an aromatic ring is 1. The van der Waals surface area contributed by atoms with Gasteiger partial charge >= 0.3 is 0 Å². The van der Waals surface area contributed by atoms with Gasteiger partial charge in [-0.05, 0) is 55.3 Å². The highest BCUT2D eigenvalue weighted by Crippen LogP contribution is 2.26. The summed E-state index contributed by atoms with van der Waals surface area (Å²) in [5, 5.41) is 4.55. The van der Waals surface area contributed by atoms with Gasteiger partial charge in [0.1, 0.15) is 11.5 Å². The van der Waals surface area contributed by atoms with Crippen LogP contribution < -0.4 is 5.73 Å². The lowest BCUT2D eigenvalue weighted by atomic mass is 10.1. The van der Waals surface area contributed by atoms with Gasteiger partial charge in [0.05, 0.1) is 17.6 Å². The molecule has 0 amide bonds. The molecule has 0 saturated heterocycles. The number of benzene rings is 2. The molecule has 0 aliphatic heterocycles. The average molecular weight is 281 g/mol. The molecule has 3 aromatic rings. The maximum atomic E-state index is 13.0. The molecule has 0 aliphatic rings. The summed E-state index contributed by atoms with van der Waals surface area (Å²) in [4.78, 5) is 0. The lowest BCUT2D eigenvalue weighted by Gasteiger charge is -2.06. The van der Waals surface area contributed by atoms with E-state index in [-0.39, 0.29) is 5.82 Å². The van der Waals surface area contributed by atoms with Gasteiger partial charge in [0.15, 0.2) is 0 Å². The molecule has 21 heavy (non-hydrogen) atoms. The van der Waals surface area contributed by atoms with E-state index in [1.807, 2.05) is 13.8 Å². The molecule has 2 aromatic carbocycles. The number of nitrogens with two attached hydrogens (primary N) is 1. The van der Waals surface area contributed by atoms with Gasteiger partial charge in [-0.25, -0.2) is 9.07 Å². The summed E-state index contributed by atoms with van der Waals surface area (Å²) >= 11 is 0. The van der Waals surface area contributed by atoms with Gasteiger partial charge in [-0.3, -0.25) is 0 Å². The molecule has 0 radical (unpaired) electrons. The summed E-state index contributed by atoms with van der Waals surface area (Å²) in [5.74, 6) is -0.272. The third-order valence-corrected chi connectivity index (χ3v) is 3.47. The van der Waals surface area contributed by atoms with Crippen LogP contribution in [0.15, 0.2) is 48.7 Å². The van der Waals surface area contributed by atoms with Crippen LogP contribution >= 0.6 is 0 Å². The third kappa shape index (κ3) is 2.52. The molecular weight excluding hydrogens is 265 g/mol. The first-order valence-electron chi connectivity index (χ1n) is 6.73. The van der Waals surface area contributed by atoms with Crippen LogP contribution in [-0.4, -0.2) is 9.78 Å². The fourth-order valence-corrected chi connectivity index (χ4v) is 2.31. The van der Waals surface area contributed by atoms with E-state index in [0.717, 1.165) is 22.4 Å². The topological polar surface area (TPSA) is 43.8 Å². The van der Waals surface area contributed by atoms with Gasteiger partial charge in [0, 0.05) is 5.56 Å². The number of anilines is 1. The fourth-order valence-electron chi connectivity index (χ4n) is 2.31. The van der Waals surface area contributed by atoms with Crippen molar-refractivity contribution in [2.45, 2.75) is 13.8 Å². The summed E-state index contributed by atoms with van der Waals surface area (Å²) in [6.07, 6.45) is 1.79. The molecule has 3 rings (SSSR count). The third-order valence-electron chi connectivity index (χ3n) is 3.47. The number of hydrogen-bond donors (Lipinski definition) is 1. The molecule has 4 heteroatoms. The summed E-state index contributed by atoms with van der Waals surface area (Å²) in [6, 6.07) is 12.4. The Balaban J connectivity index is 2.09. The van der Waals surface area contributed by atoms with E-state index >= 15 is 0 Å². The first-order valence-corrected chi connectivity index (χ1v) is 6.73. The van der Waals surface area contributed by atoms with E-state index in [9.17, 15) is 4.39 Å². The second-order valence-electron chi connectivity index (χ2n) is 5.17. The van der Waals surface area contributed by atoms with Gasteiger partial charge in [-0.1, -0.05) is 12.1 Å². The van der Waals surface area contributed by atoms with Gasteiger partial charge < -0.3 is 5.73 Å². The minimum absolute atomic E-state index is 0.272. The van der Waals surface area contributed by atoms with Crippen molar-refractivity contribution in [2.24, 2.45) is 0 Å². The molecule has 0 atom stereocenters. The number of hydrogen-bond acceptors (Lipinski definition) is 2. The molecule has 3 nitrogen and oxygen atoms in total. The summed E-state index contributed by atoms with van der Waals surface area (Å²) in [7, 11) is 0. The average Bonchev–Trinajstić information content (AvgIpc) is 2.84. The van der Waals surface area contributed by atoms with E-state index in [4.69, 9.17) is 5.73 Å². The Labute approximate surface area is 122 Å². The van der Waals surface area contributed by atoms with E-state index in [1.165, 1.54) is 12.1 Å². The SMILES string of the molecule is Cc1ccc(C)c(-n2cc(N)c(-c3ccc(F)cc3)n2)c1. The second kappa shape index (κ2) is 5.05. The van der Waals surface area contributed by atoms with Crippen LogP contribution in [0.3, 0.4) is 0 Å². The van der Waals surface area contributed by atoms with Crippen LogP contribution in [0.5, 0.6) is 0 Å². The molecule has 106 valence electrons. The lowest BCUT2D eigenvalue weighted by molar-refractivity contribution is 0.628. The summed E-state index contributed by atoms with van der Waals surface area (Å²) in [5.41, 5.74) is 11.4. The fraction of sp³-hybridized carbons (Fsp3) is 0.118. The molecular formula is C17H16FN3. The zero-order valence-corrected chi connectivity index (χ0v) is 12.0. The number of aryl methyl sites for hydroxylation is 2. The largest absolute Gasteiger partial charge is 0.396 e. The van der Waals surface area contributed by atoms with Crippen LogP contribution in [0, 0.1) is 19.7 Å². The quantitative estimate of drug-likeness (QED) is 0.774. The molecule has 0 spiro atoms. The maximum Gasteiger partial charge on any atom is 0.123 e. The van der Waals surface area contributed by atoms with Crippen LogP contribution in [0.2, 0.25) is 0 Å². The molecule has 0 fully saturated rings. The second-order valence-corrected chi connectivity index (χ2v) is 5.17. The minimum Gasteiger partial charge on any atom is -0.396 e. The van der Waals surface area contributed by atoms with Crippen molar-refractivity contribution in [1.82, 2.24) is 9.78 Å². The van der Waals surface area contributed by atoms with Crippen molar-refractivity contribution >= 4 is 5.69 Å².